The van der Waals surface area contributed by atoms with Crippen LogP contribution in [0.15, 0.2) is 77.9 Å². The summed E-state index contributed by atoms with van der Waals surface area (Å²) in [6.45, 7) is 5.68. The zero-order valence-electron chi connectivity index (χ0n) is 19.9. The maximum absolute atomic E-state index is 12.7. The summed E-state index contributed by atoms with van der Waals surface area (Å²) in [6, 6.07) is 24.3. The van der Waals surface area contributed by atoms with Crippen LogP contribution in [0, 0.1) is 13.8 Å². The molecular weight excluding hydrogens is 422 g/mol. The Kier molecular flexibility index (Phi) is 5.62. The van der Waals surface area contributed by atoms with E-state index in [9.17, 15) is 4.79 Å². The number of hydrogen-bond acceptors (Lipinski definition) is 4. The lowest BCUT2D eigenvalue weighted by Crippen LogP contribution is -2.24. The van der Waals surface area contributed by atoms with Gasteiger partial charge in [0.25, 0.3) is 0 Å². The molecule has 0 saturated carbocycles. The largest absolute Gasteiger partial charge is 0.496 e. The van der Waals surface area contributed by atoms with Crippen molar-refractivity contribution >= 4 is 22.5 Å². The molecule has 1 aromatic heterocycles. The van der Waals surface area contributed by atoms with Crippen molar-refractivity contribution in [2.75, 3.05) is 7.11 Å². The number of hydrogen-bond donors (Lipinski definition) is 0. The van der Waals surface area contributed by atoms with E-state index in [-0.39, 0.29) is 11.9 Å². The quantitative estimate of drug-likeness (QED) is 0.371. The van der Waals surface area contributed by atoms with Crippen molar-refractivity contribution in [2.45, 2.75) is 33.2 Å². The van der Waals surface area contributed by atoms with E-state index in [1.54, 1.807) is 19.0 Å². The zero-order chi connectivity index (χ0) is 23.8. The third-order valence-electron chi connectivity index (χ3n) is 6.40. The first-order valence-electron chi connectivity index (χ1n) is 11.4. The number of fused-ring (bicyclic) bond motifs is 1. The first kappa shape index (κ1) is 21.8. The molecule has 170 valence electrons. The van der Waals surface area contributed by atoms with Crippen LogP contribution < -0.4 is 4.74 Å². The fourth-order valence-corrected chi connectivity index (χ4v) is 4.89. The predicted octanol–water partition coefficient (Wildman–Crippen LogP) is 6.22. The van der Waals surface area contributed by atoms with Crippen LogP contribution in [0.4, 0.5) is 0 Å². The van der Waals surface area contributed by atoms with E-state index in [0.717, 1.165) is 50.3 Å². The number of nitrogens with zero attached hydrogens (tertiary/aromatic N) is 3. The number of amides is 1. The van der Waals surface area contributed by atoms with Crippen molar-refractivity contribution < 1.29 is 9.53 Å². The minimum absolute atomic E-state index is 0.102. The van der Waals surface area contributed by atoms with Gasteiger partial charge in [0.15, 0.2) is 0 Å². The topological polar surface area (TPSA) is 54.8 Å². The fourth-order valence-electron chi connectivity index (χ4n) is 4.89. The van der Waals surface area contributed by atoms with Crippen molar-refractivity contribution in [3.05, 3.63) is 95.2 Å². The summed E-state index contributed by atoms with van der Waals surface area (Å²) in [6.07, 6.45) is 0.583. The number of methoxy groups -OCH3 is 1. The Morgan fingerprint density at radius 2 is 1.71 bits per heavy atom. The van der Waals surface area contributed by atoms with Gasteiger partial charge in [-0.3, -0.25) is 9.78 Å². The lowest BCUT2D eigenvalue weighted by molar-refractivity contribution is -0.130. The Labute approximate surface area is 199 Å². The second-order valence-electron chi connectivity index (χ2n) is 8.71. The van der Waals surface area contributed by atoms with Gasteiger partial charge in [0, 0.05) is 41.1 Å². The van der Waals surface area contributed by atoms with E-state index in [4.69, 9.17) is 14.8 Å². The number of rotatable bonds is 4. The van der Waals surface area contributed by atoms with Crippen LogP contribution in [-0.2, 0) is 4.79 Å². The Balaban J connectivity index is 1.74. The normalized spacial score (nSPS) is 15.5. The van der Waals surface area contributed by atoms with Gasteiger partial charge in [-0.15, -0.1) is 0 Å². The summed E-state index contributed by atoms with van der Waals surface area (Å²) in [5, 5.41) is 7.54. The molecule has 3 aromatic carbocycles. The minimum Gasteiger partial charge on any atom is -0.496 e. The van der Waals surface area contributed by atoms with Crippen molar-refractivity contribution in [1.82, 2.24) is 9.99 Å². The molecule has 0 N–H and O–H groups in total. The number of para-hydroxylation sites is 1. The molecule has 5 heteroatoms. The SMILES string of the molecule is COc1ccccc1[C@H]1CC(c2c(C)nc3ccc(C)cc3c2-c2ccccc2)=NN1C(C)=O. The number of hydrazone groups is 1. The Morgan fingerprint density at radius 3 is 2.44 bits per heavy atom. The number of ether oxygens (including phenoxy) is 1. The summed E-state index contributed by atoms with van der Waals surface area (Å²) >= 11 is 0. The van der Waals surface area contributed by atoms with Crippen molar-refractivity contribution in [3.63, 3.8) is 0 Å². The second-order valence-corrected chi connectivity index (χ2v) is 8.71. The third-order valence-corrected chi connectivity index (χ3v) is 6.40. The molecule has 1 atom stereocenters. The first-order valence-corrected chi connectivity index (χ1v) is 11.4. The van der Waals surface area contributed by atoms with Gasteiger partial charge in [0.1, 0.15) is 5.75 Å². The summed E-state index contributed by atoms with van der Waals surface area (Å²) in [4.78, 5) is 17.6. The molecule has 0 spiro atoms. The van der Waals surface area contributed by atoms with Crippen LogP contribution in [0.2, 0.25) is 0 Å². The standard InChI is InChI=1S/C29H27N3O2/c1-18-14-15-24-23(16-18)29(21-10-6-5-7-11-21)28(19(2)30-24)25-17-26(32(31-25)20(3)33)22-12-8-9-13-27(22)34-4/h5-16,26H,17H2,1-4H3/t26-/m1/s1. The van der Waals surface area contributed by atoms with E-state index in [1.165, 1.54) is 5.56 Å². The van der Waals surface area contributed by atoms with Gasteiger partial charge in [0.05, 0.1) is 24.4 Å². The monoisotopic (exact) mass is 449 g/mol. The number of carbonyl (C=O) groups is 1. The second kappa shape index (κ2) is 8.75. The minimum atomic E-state index is -0.236. The smallest absolute Gasteiger partial charge is 0.240 e. The highest BCUT2D eigenvalue weighted by Gasteiger charge is 2.35. The van der Waals surface area contributed by atoms with Gasteiger partial charge >= 0.3 is 0 Å². The van der Waals surface area contributed by atoms with Gasteiger partial charge < -0.3 is 4.74 Å². The maximum Gasteiger partial charge on any atom is 0.240 e. The van der Waals surface area contributed by atoms with E-state index < -0.39 is 0 Å². The van der Waals surface area contributed by atoms with Crippen LogP contribution in [0.25, 0.3) is 22.0 Å². The fraction of sp³-hybridized carbons (Fsp3) is 0.207. The highest BCUT2D eigenvalue weighted by molar-refractivity contribution is 6.14. The number of benzene rings is 3. The number of carbonyl (C=O) groups excluding carboxylic acids is 1. The average molecular weight is 450 g/mol. The molecule has 5 nitrogen and oxygen atoms in total. The zero-order valence-corrected chi connectivity index (χ0v) is 19.9. The first-order chi connectivity index (χ1) is 16.5. The molecule has 0 radical (unpaired) electrons. The Morgan fingerprint density at radius 1 is 0.971 bits per heavy atom. The summed E-state index contributed by atoms with van der Waals surface area (Å²) in [5.41, 5.74) is 8.04. The Bertz CT molecular complexity index is 1430. The molecular formula is C29H27N3O2. The molecule has 1 aliphatic heterocycles. The molecule has 0 unspecified atom stereocenters. The molecule has 1 aliphatic rings. The molecule has 0 bridgehead atoms. The van der Waals surface area contributed by atoms with E-state index in [0.29, 0.717) is 6.42 Å². The summed E-state index contributed by atoms with van der Waals surface area (Å²) in [7, 11) is 1.65. The van der Waals surface area contributed by atoms with Crippen LogP contribution in [0.5, 0.6) is 5.75 Å². The van der Waals surface area contributed by atoms with Crippen molar-refractivity contribution in [2.24, 2.45) is 5.10 Å². The predicted molar refractivity (Wildman–Crippen MR) is 136 cm³/mol. The number of pyridine rings is 1. The molecule has 4 aromatic rings. The maximum atomic E-state index is 12.7. The lowest BCUT2D eigenvalue weighted by Gasteiger charge is -2.22. The average Bonchev–Trinajstić information content (AvgIpc) is 3.29. The van der Waals surface area contributed by atoms with Crippen LogP contribution in [-0.4, -0.2) is 28.7 Å². The molecule has 2 heterocycles. The summed E-state index contributed by atoms with van der Waals surface area (Å²) in [5.74, 6) is 0.650. The van der Waals surface area contributed by atoms with Crippen LogP contribution in [0.1, 0.15) is 41.8 Å². The van der Waals surface area contributed by atoms with Gasteiger partial charge in [-0.25, -0.2) is 5.01 Å². The molecule has 34 heavy (non-hydrogen) atoms. The molecule has 0 fully saturated rings. The van der Waals surface area contributed by atoms with E-state index in [2.05, 4.69) is 37.3 Å². The molecule has 0 aliphatic carbocycles. The van der Waals surface area contributed by atoms with Gasteiger partial charge in [-0.2, -0.15) is 5.10 Å². The van der Waals surface area contributed by atoms with Gasteiger partial charge in [-0.1, -0.05) is 60.2 Å². The third kappa shape index (κ3) is 3.73. The lowest BCUT2D eigenvalue weighted by atomic mass is 9.88. The van der Waals surface area contributed by atoms with Gasteiger partial charge in [0.2, 0.25) is 5.91 Å². The van der Waals surface area contributed by atoms with Crippen LogP contribution >= 0.6 is 0 Å². The van der Waals surface area contributed by atoms with Crippen molar-refractivity contribution in [3.8, 4) is 16.9 Å². The molecule has 1 amide bonds. The van der Waals surface area contributed by atoms with Crippen LogP contribution in [0.3, 0.4) is 0 Å². The summed E-state index contributed by atoms with van der Waals surface area (Å²) < 4.78 is 5.61. The van der Waals surface area contributed by atoms with E-state index >= 15 is 0 Å². The number of aryl methyl sites for hydroxylation is 2. The van der Waals surface area contributed by atoms with E-state index in [1.807, 2.05) is 49.4 Å². The van der Waals surface area contributed by atoms with Gasteiger partial charge in [-0.05, 0) is 37.6 Å². The molecule has 0 saturated heterocycles. The number of aromatic nitrogens is 1. The highest BCUT2D eigenvalue weighted by atomic mass is 16.5. The highest BCUT2D eigenvalue weighted by Crippen LogP contribution is 2.41. The Hall–Kier alpha value is -3.99. The van der Waals surface area contributed by atoms with Crippen molar-refractivity contribution in [1.29, 1.82) is 0 Å². The molecule has 5 rings (SSSR count).